The zero-order valence-electron chi connectivity index (χ0n) is 17.7. The molecule has 168 valence electrons. The van der Waals surface area contributed by atoms with Crippen molar-refractivity contribution in [1.29, 1.82) is 0 Å². The van der Waals surface area contributed by atoms with Gasteiger partial charge in [-0.25, -0.2) is 14.0 Å². The third-order valence-corrected chi connectivity index (χ3v) is 5.76. The lowest BCUT2D eigenvalue weighted by atomic mass is 9.98. The lowest BCUT2D eigenvalue weighted by Crippen LogP contribution is -2.41. The number of rotatable bonds is 8. The van der Waals surface area contributed by atoms with Crippen LogP contribution in [0.15, 0.2) is 72.8 Å². The van der Waals surface area contributed by atoms with Gasteiger partial charge in [0.1, 0.15) is 18.5 Å². The number of aliphatic carboxylic acids is 1. The smallest absolute Gasteiger partial charge is 0.407 e. The second kappa shape index (κ2) is 9.65. The van der Waals surface area contributed by atoms with Crippen molar-refractivity contribution in [2.24, 2.45) is 0 Å². The van der Waals surface area contributed by atoms with Gasteiger partial charge >= 0.3 is 12.1 Å². The van der Waals surface area contributed by atoms with Gasteiger partial charge < -0.3 is 15.2 Å². The summed E-state index contributed by atoms with van der Waals surface area (Å²) in [7, 11) is 0. The van der Waals surface area contributed by atoms with Crippen LogP contribution in [-0.2, 0) is 9.53 Å². The van der Waals surface area contributed by atoms with Crippen LogP contribution < -0.4 is 5.32 Å². The number of amides is 1. The van der Waals surface area contributed by atoms with Crippen LogP contribution in [0.1, 0.15) is 40.2 Å². The Morgan fingerprint density at radius 1 is 0.909 bits per heavy atom. The molecule has 0 saturated heterocycles. The molecule has 1 aliphatic rings. The Bertz CT molecular complexity index is 1150. The SMILES string of the molecule is O=C(NC(CCC(=O)c1ccc(F)cc1)C(=O)O)OCC1c2ccccc2-c2ccccc21. The van der Waals surface area contributed by atoms with Gasteiger partial charge in [-0.15, -0.1) is 0 Å². The van der Waals surface area contributed by atoms with Crippen LogP contribution in [-0.4, -0.2) is 35.6 Å². The molecule has 0 saturated carbocycles. The highest BCUT2D eigenvalue weighted by molar-refractivity contribution is 5.96. The molecular formula is C26H22FNO5. The van der Waals surface area contributed by atoms with Gasteiger partial charge in [0.2, 0.25) is 0 Å². The molecule has 0 bridgehead atoms. The molecule has 0 aromatic heterocycles. The van der Waals surface area contributed by atoms with Crippen molar-refractivity contribution in [2.75, 3.05) is 6.61 Å². The van der Waals surface area contributed by atoms with Crippen LogP contribution in [0.3, 0.4) is 0 Å². The van der Waals surface area contributed by atoms with Crippen molar-refractivity contribution >= 4 is 17.8 Å². The second-order valence-electron chi connectivity index (χ2n) is 7.83. The highest BCUT2D eigenvalue weighted by Gasteiger charge is 2.29. The first kappa shape index (κ1) is 22.2. The average Bonchev–Trinajstić information content (AvgIpc) is 3.14. The first-order chi connectivity index (χ1) is 15.9. The average molecular weight is 447 g/mol. The maximum Gasteiger partial charge on any atom is 0.407 e. The predicted molar refractivity (Wildman–Crippen MR) is 120 cm³/mol. The molecule has 0 heterocycles. The normalized spacial score (nSPS) is 13.0. The molecule has 4 rings (SSSR count). The van der Waals surface area contributed by atoms with Gasteiger partial charge in [0.05, 0.1) is 0 Å². The van der Waals surface area contributed by atoms with E-state index < -0.39 is 23.9 Å². The highest BCUT2D eigenvalue weighted by atomic mass is 19.1. The second-order valence-corrected chi connectivity index (χ2v) is 7.83. The van der Waals surface area contributed by atoms with E-state index in [2.05, 4.69) is 5.32 Å². The molecular weight excluding hydrogens is 425 g/mol. The Kier molecular flexibility index (Phi) is 6.49. The summed E-state index contributed by atoms with van der Waals surface area (Å²) in [5.74, 6) is -2.22. The van der Waals surface area contributed by atoms with Crippen LogP contribution in [0.2, 0.25) is 0 Å². The Balaban J connectivity index is 1.36. The van der Waals surface area contributed by atoms with Crippen LogP contribution in [0.4, 0.5) is 9.18 Å². The van der Waals surface area contributed by atoms with Crippen molar-refractivity contribution in [2.45, 2.75) is 24.8 Å². The number of hydrogen-bond donors (Lipinski definition) is 2. The minimum Gasteiger partial charge on any atom is -0.480 e. The van der Waals surface area contributed by atoms with Gasteiger partial charge in [-0.1, -0.05) is 48.5 Å². The van der Waals surface area contributed by atoms with Crippen LogP contribution in [0.25, 0.3) is 11.1 Å². The number of carbonyl (C=O) groups excluding carboxylic acids is 2. The van der Waals surface area contributed by atoms with Crippen molar-refractivity contribution in [3.8, 4) is 11.1 Å². The van der Waals surface area contributed by atoms with E-state index in [1.807, 2.05) is 48.5 Å². The maximum absolute atomic E-state index is 13.0. The number of nitrogens with one attached hydrogen (secondary N) is 1. The summed E-state index contributed by atoms with van der Waals surface area (Å²) in [6, 6.07) is 19.5. The highest BCUT2D eigenvalue weighted by Crippen LogP contribution is 2.44. The van der Waals surface area contributed by atoms with E-state index in [9.17, 15) is 23.9 Å². The fourth-order valence-corrected chi connectivity index (χ4v) is 4.10. The molecule has 0 aliphatic heterocycles. The zero-order valence-corrected chi connectivity index (χ0v) is 17.7. The quantitative estimate of drug-likeness (QED) is 0.485. The molecule has 1 amide bonds. The van der Waals surface area contributed by atoms with Crippen molar-refractivity contribution in [3.63, 3.8) is 0 Å². The molecule has 3 aromatic carbocycles. The Hall–Kier alpha value is -4.00. The van der Waals surface area contributed by atoms with Crippen molar-refractivity contribution in [1.82, 2.24) is 5.32 Å². The maximum atomic E-state index is 13.0. The number of hydrogen-bond acceptors (Lipinski definition) is 4. The molecule has 3 aromatic rings. The first-order valence-electron chi connectivity index (χ1n) is 10.6. The molecule has 7 heteroatoms. The molecule has 1 aliphatic carbocycles. The fraction of sp³-hybridized carbons (Fsp3) is 0.192. The largest absolute Gasteiger partial charge is 0.480 e. The number of carboxylic acids is 1. The standard InChI is InChI=1S/C26H22FNO5/c27-17-11-9-16(10-12-17)24(29)14-13-23(25(30)31)28-26(32)33-15-22-20-7-3-1-5-18(20)19-6-2-4-8-21(19)22/h1-12,22-23H,13-15H2,(H,28,32)(H,30,31). The Morgan fingerprint density at radius 2 is 1.48 bits per heavy atom. The summed E-state index contributed by atoms with van der Waals surface area (Å²) >= 11 is 0. The summed E-state index contributed by atoms with van der Waals surface area (Å²) in [5.41, 5.74) is 4.55. The molecule has 0 spiro atoms. The van der Waals surface area contributed by atoms with Crippen molar-refractivity contribution in [3.05, 3.63) is 95.3 Å². The molecule has 0 radical (unpaired) electrons. The number of carboxylic acid groups (broad SMARTS) is 1. The molecule has 33 heavy (non-hydrogen) atoms. The summed E-state index contributed by atoms with van der Waals surface area (Å²) in [4.78, 5) is 36.2. The Morgan fingerprint density at radius 3 is 2.06 bits per heavy atom. The number of ether oxygens (including phenoxy) is 1. The van der Waals surface area contributed by atoms with Crippen LogP contribution in [0, 0.1) is 5.82 Å². The summed E-state index contributed by atoms with van der Waals surface area (Å²) < 4.78 is 18.4. The van der Waals surface area contributed by atoms with E-state index in [0.29, 0.717) is 0 Å². The number of Topliss-reactive ketones (excluding diaryl/α,β-unsaturated/α-hetero) is 1. The van der Waals surface area contributed by atoms with E-state index in [0.717, 1.165) is 34.4 Å². The van der Waals surface area contributed by atoms with E-state index >= 15 is 0 Å². The predicted octanol–water partition coefficient (Wildman–Crippen LogP) is 4.78. The lowest BCUT2D eigenvalue weighted by Gasteiger charge is -2.17. The van der Waals surface area contributed by atoms with Gasteiger partial charge in [0, 0.05) is 17.9 Å². The van der Waals surface area contributed by atoms with E-state index in [1.54, 1.807) is 0 Å². The van der Waals surface area contributed by atoms with Crippen LogP contribution >= 0.6 is 0 Å². The summed E-state index contributed by atoms with van der Waals surface area (Å²) in [5, 5.41) is 11.8. The van der Waals surface area contributed by atoms with Crippen molar-refractivity contribution < 1.29 is 28.6 Å². The fourth-order valence-electron chi connectivity index (χ4n) is 4.10. The number of alkyl carbamates (subject to hydrolysis) is 1. The molecule has 2 N–H and O–H groups in total. The number of fused-ring (bicyclic) bond motifs is 3. The number of ketones is 1. The lowest BCUT2D eigenvalue weighted by molar-refractivity contribution is -0.139. The molecule has 1 atom stereocenters. The minimum atomic E-state index is -1.29. The Labute approximate surface area is 190 Å². The van der Waals surface area contributed by atoms with Gasteiger partial charge in [0.25, 0.3) is 0 Å². The number of benzene rings is 3. The van der Waals surface area contributed by atoms with E-state index in [4.69, 9.17) is 4.74 Å². The summed E-state index contributed by atoms with van der Waals surface area (Å²) in [6.07, 6.45) is -1.10. The number of carbonyl (C=O) groups is 3. The first-order valence-corrected chi connectivity index (χ1v) is 10.6. The molecule has 1 unspecified atom stereocenters. The van der Waals surface area contributed by atoms with E-state index in [1.165, 1.54) is 12.1 Å². The van der Waals surface area contributed by atoms with Gasteiger partial charge in [-0.2, -0.15) is 0 Å². The zero-order chi connectivity index (χ0) is 23.4. The summed E-state index contributed by atoms with van der Waals surface area (Å²) in [6.45, 7) is 0.0563. The third-order valence-electron chi connectivity index (χ3n) is 5.76. The monoisotopic (exact) mass is 447 g/mol. The number of halogens is 1. The van der Waals surface area contributed by atoms with Gasteiger partial charge in [-0.3, -0.25) is 4.79 Å². The topological polar surface area (TPSA) is 92.7 Å². The van der Waals surface area contributed by atoms with Crippen LogP contribution in [0.5, 0.6) is 0 Å². The van der Waals surface area contributed by atoms with Gasteiger partial charge in [-0.05, 0) is 52.9 Å². The molecule has 0 fully saturated rings. The van der Waals surface area contributed by atoms with E-state index in [-0.39, 0.29) is 36.7 Å². The third kappa shape index (κ3) is 4.92. The molecule has 6 nitrogen and oxygen atoms in total. The minimum absolute atomic E-state index is 0.0563. The van der Waals surface area contributed by atoms with Gasteiger partial charge in [0.15, 0.2) is 5.78 Å².